The van der Waals surface area contributed by atoms with E-state index in [0.717, 1.165) is 6.07 Å². The number of carbonyl (C=O) groups is 2. The summed E-state index contributed by atoms with van der Waals surface area (Å²) >= 11 is 0. The van der Waals surface area contributed by atoms with Gasteiger partial charge in [0.1, 0.15) is 23.3 Å². The van der Waals surface area contributed by atoms with Crippen molar-refractivity contribution in [2.75, 3.05) is 0 Å². The number of nitrogens with two attached hydrogens (primary N) is 1. The molecule has 0 aliphatic rings. The summed E-state index contributed by atoms with van der Waals surface area (Å²) in [7, 11) is 0. The zero-order valence-corrected chi connectivity index (χ0v) is 8.64. The Kier molecular flexibility index (Phi) is 3.93. The normalized spacial score (nSPS) is 11.9. The van der Waals surface area contributed by atoms with E-state index in [1.807, 2.05) is 0 Å². The van der Waals surface area contributed by atoms with Crippen LogP contribution < -0.4 is 5.73 Å². The molecule has 16 heavy (non-hydrogen) atoms. The smallest absolute Gasteiger partial charge is 0.405 e. The maximum atomic E-state index is 13.4. The molecule has 0 aliphatic heterocycles. The topological polar surface area (TPSA) is 82.3 Å². The lowest BCUT2D eigenvalue weighted by Gasteiger charge is -2.14. The van der Waals surface area contributed by atoms with E-state index in [9.17, 15) is 14.0 Å². The van der Waals surface area contributed by atoms with Crippen molar-refractivity contribution in [2.45, 2.75) is 19.4 Å². The van der Waals surface area contributed by atoms with Gasteiger partial charge in [0, 0.05) is 0 Å². The predicted octanol–water partition coefficient (Wildman–Crippen LogP) is 1.58. The minimum atomic E-state index is -1.01. The van der Waals surface area contributed by atoms with E-state index >= 15 is 0 Å². The molecule has 6 heteroatoms. The lowest BCUT2D eigenvalue weighted by atomic mass is 10.1. The van der Waals surface area contributed by atoms with Gasteiger partial charge >= 0.3 is 6.09 Å². The summed E-state index contributed by atoms with van der Waals surface area (Å²) in [5.41, 5.74) is 4.83. The van der Waals surface area contributed by atoms with Gasteiger partial charge in [-0.25, -0.2) is 14.2 Å². The monoisotopic (exact) mass is 226 g/mol. The van der Waals surface area contributed by atoms with Crippen molar-refractivity contribution in [1.82, 2.24) is 4.98 Å². The van der Waals surface area contributed by atoms with Crippen molar-refractivity contribution in [3.8, 4) is 0 Å². The van der Waals surface area contributed by atoms with Crippen molar-refractivity contribution < 1.29 is 18.7 Å². The van der Waals surface area contributed by atoms with Gasteiger partial charge in [-0.2, -0.15) is 0 Å². The lowest BCUT2D eigenvalue weighted by Crippen LogP contribution is -2.19. The number of hydrogen-bond donors (Lipinski definition) is 1. The van der Waals surface area contributed by atoms with Gasteiger partial charge in [-0.1, -0.05) is 6.92 Å². The highest BCUT2D eigenvalue weighted by Gasteiger charge is 2.19. The van der Waals surface area contributed by atoms with Crippen LogP contribution in [0.5, 0.6) is 0 Å². The molecule has 0 saturated carbocycles. The van der Waals surface area contributed by atoms with Crippen LogP contribution in [0.2, 0.25) is 0 Å². The number of amides is 1. The Morgan fingerprint density at radius 1 is 1.69 bits per heavy atom. The molecule has 1 aromatic rings. The summed E-state index contributed by atoms with van der Waals surface area (Å²) in [6.45, 7) is 1.68. The fourth-order valence-corrected chi connectivity index (χ4v) is 1.24. The predicted molar refractivity (Wildman–Crippen MR) is 53.3 cm³/mol. The summed E-state index contributed by atoms with van der Waals surface area (Å²) in [4.78, 5) is 24.8. The summed E-state index contributed by atoms with van der Waals surface area (Å²) < 4.78 is 18.1. The minimum Gasteiger partial charge on any atom is -0.440 e. The molecule has 0 aliphatic carbocycles. The van der Waals surface area contributed by atoms with Crippen LogP contribution in [0.4, 0.5) is 9.18 Å². The van der Waals surface area contributed by atoms with Crippen LogP contribution in [-0.2, 0) is 4.74 Å². The zero-order valence-electron chi connectivity index (χ0n) is 8.64. The van der Waals surface area contributed by atoms with Crippen LogP contribution in [-0.4, -0.2) is 17.4 Å². The van der Waals surface area contributed by atoms with Crippen molar-refractivity contribution in [2.24, 2.45) is 5.73 Å². The van der Waals surface area contributed by atoms with Crippen molar-refractivity contribution >= 4 is 12.4 Å². The van der Waals surface area contributed by atoms with Gasteiger partial charge in [-0.3, -0.25) is 4.79 Å². The first-order valence-corrected chi connectivity index (χ1v) is 4.66. The molecular weight excluding hydrogens is 215 g/mol. The number of aromatic nitrogens is 1. The fourth-order valence-electron chi connectivity index (χ4n) is 1.24. The Morgan fingerprint density at radius 2 is 2.38 bits per heavy atom. The van der Waals surface area contributed by atoms with E-state index in [-0.39, 0.29) is 11.4 Å². The number of nitrogens with zero attached hydrogens (tertiary/aromatic N) is 1. The van der Waals surface area contributed by atoms with Gasteiger partial charge in [-0.05, 0) is 18.6 Å². The van der Waals surface area contributed by atoms with Crippen LogP contribution in [0.25, 0.3) is 0 Å². The number of aldehydes is 1. The molecule has 0 aromatic carbocycles. The van der Waals surface area contributed by atoms with Gasteiger partial charge < -0.3 is 10.5 Å². The average molecular weight is 226 g/mol. The van der Waals surface area contributed by atoms with Crippen LogP contribution in [0.15, 0.2) is 12.1 Å². The number of carbonyl (C=O) groups excluding carboxylic acids is 2. The number of rotatable bonds is 4. The first kappa shape index (κ1) is 12.1. The molecule has 1 unspecified atom stereocenters. The lowest BCUT2D eigenvalue weighted by molar-refractivity contribution is 0.0990. The molecule has 1 heterocycles. The van der Waals surface area contributed by atoms with Crippen LogP contribution in [0, 0.1) is 5.82 Å². The summed E-state index contributed by atoms with van der Waals surface area (Å²) in [5.74, 6) is -0.640. The van der Waals surface area contributed by atoms with Gasteiger partial charge in [-0.15, -0.1) is 0 Å². The molecule has 1 rings (SSSR count). The number of primary amides is 1. The third-order valence-electron chi connectivity index (χ3n) is 1.95. The molecule has 1 amide bonds. The molecule has 1 aromatic heterocycles. The highest BCUT2D eigenvalue weighted by Crippen LogP contribution is 2.21. The number of halogens is 1. The number of pyridine rings is 1. The third kappa shape index (κ3) is 2.75. The molecule has 5 nitrogen and oxygen atoms in total. The molecule has 0 saturated heterocycles. The number of hydrogen-bond acceptors (Lipinski definition) is 4. The van der Waals surface area contributed by atoms with Crippen molar-refractivity contribution in [3.63, 3.8) is 0 Å². The molecule has 1 atom stereocenters. The Morgan fingerprint density at radius 3 is 2.88 bits per heavy atom. The van der Waals surface area contributed by atoms with Gasteiger partial charge in [0.15, 0.2) is 6.29 Å². The largest absolute Gasteiger partial charge is 0.440 e. The second-order valence-corrected chi connectivity index (χ2v) is 3.05. The first-order valence-electron chi connectivity index (χ1n) is 4.66. The summed E-state index contributed by atoms with van der Waals surface area (Å²) in [6.07, 6.45) is -1.09. The maximum Gasteiger partial charge on any atom is 0.405 e. The summed E-state index contributed by atoms with van der Waals surface area (Å²) in [6, 6.07) is 2.34. The van der Waals surface area contributed by atoms with Gasteiger partial charge in [0.05, 0.1) is 0 Å². The van der Waals surface area contributed by atoms with Crippen molar-refractivity contribution in [1.29, 1.82) is 0 Å². The fraction of sp³-hybridized carbons (Fsp3) is 0.300. The van der Waals surface area contributed by atoms with Crippen LogP contribution >= 0.6 is 0 Å². The Labute approximate surface area is 91.4 Å². The number of ether oxygens (including phenoxy) is 1. The maximum absolute atomic E-state index is 13.4. The Hall–Kier alpha value is -1.98. The highest BCUT2D eigenvalue weighted by atomic mass is 19.1. The molecule has 0 fully saturated rings. The van der Waals surface area contributed by atoms with E-state index in [1.54, 1.807) is 6.92 Å². The molecule has 0 radical (unpaired) electrons. The standard InChI is InChI=1S/C10H11FN2O3/c1-2-8(16-10(12)15)9-7(11)4-3-6(5-14)13-9/h3-5,8H,2H2,1H3,(H2,12,15). The van der Waals surface area contributed by atoms with E-state index < -0.39 is 18.0 Å². The molecule has 0 spiro atoms. The second-order valence-electron chi connectivity index (χ2n) is 3.05. The van der Waals surface area contributed by atoms with Gasteiger partial charge in [0.2, 0.25) is 0 Å². The van der Waals surface area contributed by atoms with Crippen molar-refractivity contribution in [3.05, 3.63) is 29.3 Å². The second kappa shape index (κ2) is 5.20. The minimum absolute atomic E-state index is 0.0721. The zero-order chi connectivity index (χ0) is 12.1. The molecule has 2 N–H and O–H groups in total. The molecule has 0 bridgehead atoms. The Bertz CT molecular complexity index is 409. The first-order chi connectivity index (χ1) is 7.58. The average Bonchev–Trinajstić information content (AvgIpc) is 2.26. The van der Waals surface area contributed by atoms with E-state index in [2.05, 4.69) is 9.72 Å². The van der Waals surface area contributed by atoms with E-state index in [0.29, 0.717) is 12.7 Å². The van der Waals surface area contributed by atoms with E-state index in [1.165, 1.54) is 6.07 Å². The van der Waals surface area contributed by atoms with Crippen LogP contribution in [0.1, 0.15) is 35.6 Å². The molecule has 86 valence electrons. The quantitative estimate of drug-likeness (QED) is 0.790. The van der Waals surface area contributed by atoms with Crippen LogP contribution in [0.3, 0.4) is 0 Å². The van der Waals surface area contributed by atoms with E-state index in [4.69, 9.17) is 5.73 Å². The highest BCUT2D eigenvalue weighted by molar-refractivity contribution is 5.71. The summed E-state index contributed by atoms with van der Waals surface area (Å²) in [5, 5.41) is 0. The Balaban J connectivity index is 3.07. The third-order valence-corrected chi connectivity index (χ3v) is 1.95. The molecular formula is C10H11FN2O3. The van der Waals surface area contributed by atoms with Gasteiger partial charge in [0.25, 0.3) is 0 Å². The SMILES string of the molecule is CCC(OC(N)=O)c1nc(C=O)ccc1F.